The molecule has 0 radical (unpaired) electrons. The average molecular weight is 212 g/mol. The van der Waals surface area contributed by atoms with Crippen molar-refractivity contribution in [3.8, 4) is 0 Å². The quantitative estimate of drug-likeness (QED) is 0.826. The Kier molecular flexibility index (Phi) is 4.10. The first-order valence-electron chi connectivity index (χ1n) is 4.67. The van der Waals surface area contributed by atoms with Gasteiger partial charge in [-0.15, -0.1) is 11.3 Å². The van der Waals surface area contributed by atoms with Gasteiger partial charge in [0.15, 0.2) is 0 Å². The fourth-order valence-electron chi connectivity index (χ4n) is 1.24. The summed E-state index contributed by atoms with van der Waals surface area (Å²) in [6, 6.07) is 2.02. The van der Waals surface area contributed by atoms with Crippen molar-refractivity contribution in [1.82, 2.24) is 0 Å². The first kappa shape index (κ1) is 11.2. The van der Waals surface area contributed by atoms with E-state index in [0.29, 0.717) is 13.0 Å². The number of rotatable bonds is 4. The van der Waals surface area contributed by atoms with Crippen molar-refractivity contribution in [3.05, 3.63) is 17.0 Å². The van der Waals surface area contributed by atoms with Gasteiger partial charge in [-0.25, -0.2) is 0 Å². The number of nitrogens with two attached hydrogens (primary N) is 1. The molecule has 0 saturated heterocycles. The zero-order valence-corrected chi connectivity index (χ0v) is 9.43. The smallest absolute Gasteiger partial charge is 0.227 e. The van der Waals surface area contributed by atoms with Crippen molar-refractivity contribution in [2.75, 3.05) is 18.5 Å². The van der Waals surface area contributed by atoms with Gasteiger partial charge in [0.05, 0.1) is 0 Å². The molecule has 1 aromatic heterocycles. The lowest BCUT2D eigenvalue weighted by atomic mass is 10.2. The SMILES string of the molecule is Cc1ccsc1N(C)C(=O)CCCN. The molecule has 0 aromatic carbocycles. The lowest BCUT2D eigenvalue weighted by molar-refractivity contribution is -0.118. The molecule has 0 aliphatic rings. The molecule has 1 rings (SSSR count). The van der Waals surface area contributed by atoms with Crippen molar-refractivity contribution < 1.29 is 4.79 Å². The highest BCUT2D eigenvalue weighted by atomic mass is 32.1. The fraction of sp³-hybridized carbons (Fsp3) is 0.500. The third kappa shape index (κ3) is 2.56. The maximum Gasteiger partial charge on any atom is 0.227 e. The van der Waals surface area contributed by atoms with E-state index in [9.17, 15) is 4.79 Å². The number of aryl methyl sites for hydroxylation is 1. The predicted molar refractivity (Wildman–Crippen MR) is 60.8 cm³/mol. The van der Waals surface area contributed by atoms with Gasteiger partial charge in [0.25, 0.3) is 0 Å². The summed E-state index contributed by atoms with van der Waals surface area (Å²) in [6.07, 6.45) is 1.29. The Morgan fingerprint density at radius 1 is 1.64 bits per heavy atom. The minimum Gasteiger partial charge on any atom is -0.330 e. The van der Waals surface area contributed by atoms with E-state index in [2.05, 4.69) is 0 Å². The Morgan fingerprint density at radius 3 is 2.86 bits per heavy atom. The van der Waals surface area contributed by atoms with Crippen LogP contribution in [0.1, 0.15) is 18.4 Å². The fourth-order valence-corrected chi connectivity index (χ4v) is 2.16. The summed E-state index contributed by atoms with van der Waals surface area (Å²) in [6.45, 7) is 2.58. The monoisotopic (exact) mass is 212 g/mol. The van der Waals surface area contributed by atoms with Crippen molar-refractivity contribution in [1.29, 1.82) is 0 Å². The number of hydrogen-bond acceptors (Lipinski definition) is 3. The molecular weight excluding hydrogens is 196 g/mol. The standard InChI is InChI=1S/C10H16N2OS/c1-8-5-7-14-10(8)12(2)9(13)4-3-6-11/h5,7H,3-4,6,11H2,1-2H3. The van der Waals surface area contributed by atoms with Crippen molar-refractivity contribution in [2.45, 2.75) is 19.8 Å². The zero-order valence-electron chi connectivity index (χ0n) is 8.62. The van der Waals surface area contributed by atoms with E-state index in [0.717, 1.165) is 17.0 Å². The normalized spacial score (nSPS) is 10.2. The minimum absolute atomic E-state index is 0.140. The number of nitrogens with zero attached hydrogens (tertiary/aromatic N) is 1. The largest absolute Gasteiger partial charge is 0.330 e. The van der Waals surface area contributed by atoms with Gasteiger partial charge >= 0.3 is 0 Å². The molecule has 0 saturated carbocycles. The molecule has 0 atom stereocenters. The van der Waals surface area contributed by atoms with Crippen LogP contribution in [0.5, 0.6) is 0 Å². The Morgan fingerprint density at radius 2 is 2.36 bits per heavy atom. The summed E-state index contributed by atoms with van der Waals surface area (Å²) in [5, 5.41) is 3.03. The van der Waals surface area contributed by atoms with E-state index in [4.69, 9.17) is 5.73 Å². The molecule has 1 aromatic rings. The van der Waals surface area contributed by atoms with Crippen molar-refractivity contribution >= 4 is 22.2 Å². The van der Waals surface area contributed by atoms with E-state index in [1.54, 1.807) is 16.2 Å². The molecule has 0 aliphatic heterocycles. The number of amides is 1. The van der Waals surface area contributed by atoms with Crippen LogP contribution in [0, 0.1) is 6.92 Å². The molecule has 14 heavy (non-hydrogen) atoms. The van der Waals surface area contributed by atoms with Crippen LogP contribution in [0.25, 0.3) is 0 Å². The van der Waals surface area contributed by atoms with Gasteiger partial charge in [0.2, 0.25) is 5.91 Å². The molecule has 2 N–H and O–H groups in total. The van der Waals surface area contributed by atoms with E-state index in [-0.39, 0.29) is 5.91 Å². The second kappa shape index (κ2) is 5.12. The average Bonchev–Trinajstić information content (AvgIpc) is 2.59. The van der Waals surface area contributed by atoms with Crippen LogP contribution in [0.3, 0.4) is 0 Å². The number of anilines is 1. The maximum atomic E-state index is 11.6. The second-order valence-electron chi connectivity index (χ2n) is 3.25. The number of thiophene rings is 1. The van der Waals surface area contributed by atoms with Crippen LogP contribution >= 0.6 is 11.3 Å². The van der Waals surface area contributed by atoms with E-state index in [1.807, 2.05) is 25.4 Å². The Labute approximate surface area is 88.5 Å². The zero-order chi connectivity index (χ0) is 10.6. The summed E-state index contributed by atoms with van der Waals surface area (Å²) >= 11 is 1.59. The lowest BCUT2D eigenvalue weighted by Gasteiger charge is -2.16. The summed E-state index contributed by atoms with van der Waals surface area (Å²) < 4.78 is 0. The van der Waals surface area contributed by atoms with Gasteiger partial charge < -0.3 is 10.6 Å². The van der Waals surface area contributed by atoms with Gasteiger partial charge in [-0.3, -0.25) is 4.79 Å². The Balaban J connectivity index is 2.61. The van der Waals surface area contributed by atoms with Crippen LogP contribution in [-0.2, 0) is 4.79 Å². The molecule has 0 unspecified atom stereocenters. The Bertz CT molecular complexity index is 309. The van der Waals surface area contributed by atoms with Gasteiger partial charge in [0, 0.05) is 13.5 Å². The number of hydrogen-bond donors (Lipinski definition) is 1. The summed E-state index contributed by atoms with van der Waals surface area (Å²) in [7, 11) is 1.82. The minimum atomic E-state index is 0.140. The number of carbonyl (C=O) groups is 1. The van der Waals surface area contributed by atoms with Crippen molar-refractivity contribution in [3.63, 3.8) is 0 Å². The molecule has 78 valence electrons. The van der Waals surface area contributed by atoms with Gasteiger partial charge in [0.1, 0.15) is 5.00 Å². The maximum absolute atomic E-state index is 11.6. The van der Waals surface area contributed by atoms with E-state index >= 15 is 0 Å². The van der Waals surface area contributed by atoms with Gasteiger partial charge in [-0.2, -0.15) is 0 Å². The molecule has 1 heterocycles. The van der Waals surface area contributed by atoms with Crippen LogP contribution in [-0.4, -0.2) is 19.5 Å². The van der Waals surface area contributed by atoms with Crippen LogP contribution < -0.4 is 10.6 Å². The number of carbonyl (C=O) groups excluding carboxylic acids is 1. The third-order valence-electron chi connectivity index (χ3n) is 2.11. The lowest BCUT2D eigenvalue weighted by Crippen LogP contribution is -2.26. The molecule has 4 heteroatoms. The molecule has 0 fully saturated rings. The predicted octanol–water partition coefficient (Wildman–Crippen LogP) is 1.76. The topological polar surface area (TPSA) is 46.3 Å². The van der Waals surface area contributed by atoms with Crippen LogP contribution in [0.15, 0.2) is 11.4 Å². The molecule has 1 amide bonds. The van der Waals surface area contributed by atoms with Gasteiger partial charge in [-0.1, -0.05) is 0 Å². The molecular formula is C10H16N2OS. The highest BCUT2D eigenvalue weighted by Gasteiger charge is 2.12. The summed E-state index contributed by atoms with van der Waals surface area (Å²) in [4.78, 5) is 13.3. The van der Waals surface area contributed by atoms with E-state index in [1.165, 1.54) is 0 Å². The molecule has 3 nitrogen and oxygen atoms in total. The van der Waals surface area contributed by atoms with Crippen LogP contribution in [0.4, 0.5) is 5.00 Å². The first-order valence-corrected chi connectivity index (χ1v) is 5.55. The van der Waals surface area contributed by atoms with E-state index < -0.39 is 0 Å². The second-order valence-corrected chi connectivity index (χ2v) is 4.15. The summed E-state index contributed by atoms with van der Waals surface area (Å²) in [5.74, 6) is 0.140. The third-order valence-corrected chi connectivity index (χ3v) is 3.20. The molecule has 0 spiro atoms. The highest BCUT2D eigenvalue weighted by Crippen LogP contribution is 2.26. The highest BCUT2D eigenvalue weighted by molar-refractivity contribution is 7.14. The Hall–Kier alpha value is -0.870. The first-order chi connectivity index (χ1) is 6.66. The van der Waals surface area contributed by atoms with Crippen LogP contribution in [0.2, 0.25) is 0 Å². The molecule has 0 bridgehead atoms. The van der Waals surface area contributed by atoms with Crippen molar-refractivity contribution in [2.24, 2.45) is 5.73 Å². The summed E-state index contributed by atoms with van der Waals surface area (Å²) in [5.41, 5.74) is 6.51. The van der Waals surface area contributed by atoms with Gasteiger partial charge in [-0.05, 0) is 36.9 Å². The molecule has 0 aliphatic carbocycles.